The maximum Gasteiger partial charge on any atom is 0.240 e. The molecule has 0 amide bonds. The van der Waals surface area contributed by atoms with Gasteiger partial charge in [-0.1, -0.05) is 73.1 Å². The fourth-order valence-electron chi connectivity index (χ4n) is 4.08. The van der Waals surface area contributed by atoms with Gasteiger partial charge in [-0.2, -0.15) is 9.61 Å². The van der Waals surface area contributed by atoms with E-state index in [0.29, 0.717) is 17.2 Å². The standard InChI is InChI=1S/C28H25BrClN5O2S/c1-2-19-10-12-22(13-11-19)38(36,37)33-17-21-7-5-6-20(14-21)16-31-27-15-26(23-8-3-4-9-25(23)30)34-28-24(29)18-32-35(27)28/h3-15,18,31,33H,2,16-17H2,1H3. The first kappa shape index (κ1) is 26.4. The number of sulfonamides is 1. The molecular formula is C28H25BrClN5O2S. The van der Waals surface area contributed by atoms with Crippen LogP contribution in [-0.2, 0) is 29.5 Å². The Morgan fingerprint density at radius 1 is 0.921 bits per heavy atom. The van der Waals surface area contributed by atoms with Crippen molar-refractivity contribution in [1.29, 1.82) is 0 Å². The number of nitrogens with zero attached hydrogens (tertiary/aromatic N) is 3. The topological polar surface area (TPSA) is 88.4 Å². The Morgan fingerprint density at radius 2 is 1.66 bits per heavy atom. The average molecular weight is 611 g/mol. The number of halogens is 2. The Morgan fingerprint density at radius 3 is 2.39 bits per heavy atom. The van der Waals surface area contributed by atoms with Crippen molar-refractivity contribution in [3.63, 3.8) is 0 Å². The second-order valence-corrected chi connectivity index (χ2v) is 11.8. The molecule has 0 saturated carbocycles. The smallest absolute Gasteiger partial charge is 0.240 e. The summed E-state index contributed by atoms with van der Waals surface area (Å²) in [6.45, 7) is 2.72. The molecule has 0 saturated heterocycles. The third-order valence-corrected chi connectivity index (χ3v) is 8.46. The van der Waals surface area contributed by atoms with Crippen LogP contribution in [0.4, 0.5) is 5.82 Å². The van der Waals surface area contributed by atoms with Crippen molar-refractivity contribution in [2.75, 3.05) is 5.32 Å². The molecule has 0 aliphatic rings. The summed E-state index contributed by atoms with van der Waals surface area (Å²) < 4.78 is 30.7. The van der Waals surface area contributed by atoms with E-state index in [-0.39, 0.29) is 11.4 Å². The van der Waals surface area contributed by atoms with Crippen LogP contribution in [0.2, 0.25) is 5.02 Å². The molecule has 0 atom stereocenters. The van der Waals surface area contributed by atoms with Gasteiger partial charge in [0, 0.05) is 29.7 Å². The van der Waals surface area contributed by atoms with Crippen LogP contribution in [0.15, 0.2) is 94.4 Å². The minimum atomic E-state index is -3.61. The van der Waals surface area contributed by atoms with Gasteiger partial charge in [0.05, 0.1) is 21.3 Å². The molecule has 2 heterocycles. The van der Waals surface area contributed by atoms with Gasteiger partial charge in [0.2, 0.25) is 10.0 Å². The maximum atomic E-state index is 12.7. The molecule has 0 aliphatic carbocycles. The van der Waals surface area contributed by atoms with Crippen LogP contribution in [0, 0.1) is 0 Å². The van der Waals surface area contributed by atoms with E-state index in [1.54, 1.807) is 22.8 Å². The Kier molecular flexibility index (Phi) is 7.80. The molecule has 0 radical (unpaired) electrons. The number of hydrogen-bond acceptors (Lipinski definition) is 5. The van der Waals surface area contributed by atoms with E-state index in [9.17, 15) is 8.42 Å². The van der Waals surface area contributed by atoms with Crippen molar-refractivity contribution < 1.29 is 8.42 Å². The highest BCUT2D eigenvalue weighted by atomic mass is 79.9. The van der Waals surface area contributed by atoms with Crippen LogP contribution < -0.4 is 10.0 Å². The molecular weight excluding hydrogens is 586 g/mol. The first-order valence-corrected chi connectivity index (χ1v) is 14.7. The zero-order chi connectivity index (χ0) is 26.7. The summed E-state index contributed by atoms with van der Waals surface area (Å²) in [4.78, 5) is 5.00. The Labute approximate surface area is 235 Å². The number of aromatic nitrogens is 3. The molecule has 5 aromatic rings. The third kappa shape index (κ3) is 5.76. The third-order valence-electron chi connectivity index (χ3n) is 6.15. The lowest BCUT2D eigenvalue weighted by Crippen LogP contribution is -2.23. The Hall–Kier alpha value is -3.24. The zero-order valence-electron chi connectivity index (χ0n) is 20.5. The molecule has 5 rings (SSSR count). The highest BCUT2D eigenvalue weighted by Gasteiger charge is 2.15. The lowest BCUT2D eigenvalue weighted by molar-refractivity contribution is 0.581. The lowest BCUT2D eigenvalue weighted by atomic mass is 10.1. The van der Waals surface area contributed by atoms with Gasteiger partial charge in [-0.3, -0.25) is 0 Å². The monoisotopic (exact) mass is 609 g/mol. The van der Waals surface area contributed by atoms with Gasteiger partial charge in [0.15, 0.2) is 5.65 Å². The normalized spacial score (nSPS) is 11.7. The summed E-state index contributed by atoms with van der Waals surface area (Å²) in [5.74, 6) is 0.747. The predicted molar refractivity (Wildman–Crippen MR) is 155 cm³/mol. The molecule has 0 spiro atoms. The van der Waals surface area contributed by atoms with E-state index in [1.807, 2.05) is 73.7 Å². The van der Waals surface area contributed by atoms with Crippen LogP contribution in [0.25, 0.3) is 16.9 Å². The summed E-state index contributed by atoms with van der Waals surface area (Å²) in [5.41, 5.74) is 5.16. The van der Waals surface area contributed by atoms with E-state index in [4.69, 9.17) is 16.6 Å². The molecule has 7 nitrogen and oxygen atoms in total. The number of nitrogens with one attached hydrogen (secondary N) is 2. The van der Waals surface area contributed by atoms with Crippen molar-refractivity contribution in [1.82, 2.24) is 19.3 Å². The van der Waals surface area contributed by atoms with Gasteiger partial charge in [-0.15, -0.1) is 0 Å². The fourth-order valence-corrected chi connectivity index (χ4v) is 5.68. The van der Waals surface area contributed by atoms with Crippen molar-refractivity contribution in [2.45, 2.75) is 31.3 Å². The summed E-state index contributed by atoms with van der Waals surface area (Å²) >= 11 is 9.96. The molecule has 0 unspecified atom stereocenters. The van der Waals surface area contributed by atoms with Crippen LogP contribution in [0.3, 0.4) is 0 Å². The second kappa shape index (κ2) is 11.2. The highest BCUT2D eigenvalue weighted by Crippen LogP contribution is 2.30. The van der Waals surface area contributed by atoms with Gasteiger partial charge >= 0.3 is 0 Å². The number of rotatable bonds is 9. The highest BCUT2D eigenvalue weighted by molar-refractivity contribution is 9.10. The molecule has 0 bridgehead atoms. The van der Waals surface area contributed by atoms with Gasteiger partial charge < -0.3 is 5.32 Å². The summed E-state index contributed by atoms with van der Waals surface area (Å²) in [6.07, 6.45) is 2.56. The molecule has 2 aromatic heterocycles. The van der Waals surface area contributed by atoms with Crippen molar-refractivity contribution in [3.05, 3.63) is 111 Å². The SMILES string of the molecule is CCc1ccc(S(=O)(=O)NCc2cccc(CNc3cc(-c4ccccc4Cl)nc4c(Br)cnn34)c2)cc1. The van der Waals surface area contributed by atoms with Crippen LogP contribution in [-0.4, -0.2) is 23.0 Å². The molecule has 194 valence electrons. The first-order chi connectivity index (χ1) is 18.3. The maximum absolute atomic E-state index is 12.7. The number of hydrogen-bond donors (Lipinski definition) is 2. The fraction of sp³-hybridized carbons (Fsp3) is 0.143. The quantitative estimate of drug-likeness (QED) is 0.200. The van der Waals surface area contributed by atoms with Crippen LogP contribution >= 0.6 is 27.5 Å². The second-order valence-electron chi connectivity index (χ2n) is 8.73. The molecule has 38 heavy (non-hydrogen) atoms. The average Bonchev–Trinajstić information content (AvgIpc) is 3.31. The number of fused-ring (bicyclic) bond motifs is 1. The first-order valence-electron chi connectivity index (χ1n) is 12.0. The summed E-state index contributed by atoms with van der Waals surface area (Å²) in [7, 11) is -3.61. The van der Waals surface area contributed by atoms with Crippen molar-refractivity contribution >= 4 is 49.0 Å². The lowest BCUT2D eigenvalue weighted by Gasteiger charge is -2.13. The number of aryl methyl sites for hydroxylation is 1. The van der Waals surface area contributed by atoms with E-state index >= 15 is 0 Å². The van der Waals surface area contributed by atoms with Crippen LogP contribution in [0.1, 0.15) is 23.6 Å². The number of benzene rings is 3. The summed E-state index contributed by atoms with van der Waals surface area (Å²) in [5, 5.41) is 8.49. The Bertz CT molecular complexity index is 1700. The molecule has 0 fully saturated rings. The molecule has 2 N–H and O–H groups in total. The van der Waals surface area contributed by atoms with E-state index in [0.717, 1.165) is 44.7 Å². The van der Waals surface area contributed by atoms with E-state index in [2.05, 4.69) is 31.1 Å². The largest absolute Gasteiger partial charge is 0.366 e. The van der Waals surface area contributed by atoms with Gasteiger partial charge in [0.25, 0.3) is 0 Å². The summed E-state index contributed by atoms with van der Waals surface area (Å²) in [6, 6.07) is 24.2. The van der Waals surface area contributed by atoms with Crippen molar-refractivity contribution in [2.24, 2.45) is 0 Å². The zero-order valence-corrected chi connectivity index (χ0v) is 23.7. The van der Waals surface area contributed by atoms with Crippen LogP contribution in [0.5, 0.6) is 0 Å². The molecule has 3 aromatic carbocycles. The Balaban J connectivity index is 1.33. The minimum Gasteiger partial charge on any atom is -0.366 e. The number of anilines is 1. The van der Waals surface area contributed by atoms with Gasteiger partial charge in [-0.05, 0) is 57.2 Å². The van der Waals surface area contributed by atoms with E-state index in [1.165, 1.54) is 0 Å². The van der Waals surface area contributed by atoms with Crippen molar-refractivity contribution in [3.8, 4) is 11.3 Å². The van der Waals surface area contributed by atoms with E-state index < -0.39 is 10.0 Å². The molecule has 0 aliphatic heterocycles. The minimum absolute atomic E-state index is 0.188. The van der Waals surface area contributed by atoms with Gasteiger partial charge in [-0.25, -0.2) is 18.1 Å². The van der Waals surface area contributed by atoms with Gasteiger partial charge in [0.1, 0.15) is 5.82 Å². The molecule has 10 heteroatoms. The predicted octanol–water partition coefficient (Wildman–Crippen LogP) is 6.47.